The van der Waals surface area contributed by atoms with Gasteiger partial charge in [0.05, 0.1) is 12.3 Å². The van der Waals surface area contributed by atoms with E-state index >= 15 is 0 Å². The van der Waals surface area contributed by atoms with Crippen molar-refractivity contribution in [2.45, 2.75) is 25.7 Å². The Hall–Kier alpha value is -2.96. The Bertz CT molecular complexity index is 840. The van der Waals surface area contributed by atoms with E-state index in [1.165, 1.54) is 6.07 Å². The van der Waals surface area contributed by atoms with Crippen LogP contribution in [0.2, 0.25) is 0 Å². The first-order valence-corrected chi connectivity index (χ1v) is 8.32. The summed E-state index contributed by atoms with van der Waals surface area (Å²) in [6.07, 6.45) is 1.72. The largest absolute Gasteiger partial charge is 0.494 e. The van der Waals surface area contributed by atoms with E-state index in [-0.39, 0.29) is 23.9 Å². The zero-order valence-corrected chi connectivity index (χ0v) is 14.0. The summed E-state index contributed by atoms with van der Waals surface area (Å²) in [7, 11) is 0. The van der Waals surface area contributed by atoms with E-state index in [1.54, 1.807) is 12.1 Å². The van der Waals surface area contributed by atoms with Crippen molar-refractivity contribution < 1.29 is 23.1 Å². The molecule has 0 aliphatic carbocycles. The van der Waals surface area contributed by atoms with Crippen LogP contribution in [0.25, 0.3) is 0 Å². The van der Waals surface area contributed by atoms with Crippen LogP contribution in [0, 0.1) is 11.6 Å². The van der Waals surface area contributed by atoms with Gasteiger partial charge < -0.3 is 15.4 Å². The van der Waals surface area contributed by atoms with Crippen LogP contribution in [0.1, 0.15) is 24.8 Å². The number of rotatable bonds is 6. The number of benzene rings is 2. The average Bonchev–Trinajstić information content (AvgIpc) is 2.61. The van der Waals surface area contributed by atoms with E-state index in [2.05, 4.69) is 10.6 Å². The lowest BCUT2D eigenvalue weighted by atomic mass is 10.0. The maximum Gasteiger partial charge on any atom is 0.224 e. The number of nitrogens with one attached hydrogen (secondary N) is 2. The number of carbonyl (C=O) groups excluding carboxylic acids is 2. The van der Waals surface area contributed by atoms with Crippen LogP contribution in [0.3, 0.4) is 0 Å². The van der Waals surface area contributed by atoms with Gasteiger partial charge in [0.15, 0.2) is 0 Å². The van der Waals surface area contributed by atoms with Gasteiger partial charge >= 0.3 is 0 Å². The number of amides is 2. The number of ether oxygens (including phenoxy) is 1. The summed E-state index contributed by atoms with van der Waals surface area (Å²) < 4.78 is 31.9. The highest BCUT2D eigenvalue weighted by Gasteiger charge is 2.15. The predicted molar refractivity (Wildman–Crippen MR) is 93.1 cm³/mol. The lowest BCUT2D eigenvalue weighted by Gasteiger charge is -2.17. The number of fused-ring (bicyclic) bond motifs is 1. The molecule has 0 saturated heterocycles. The first-order chi connectivity index (χ1) is 12.5. The van der Waals surface area contributed by atoms with Gasteiger partial charge in [0.25, 0.3) is 0 Å². The molecule has 1 aliphatic heterocycles. The molecule has 0 aromatic heterocycles. The van der Waals surface area contributed by atoms with E-state index in [0.717, 1.165) is 23.4 Å². The second kappa shape index (κ2) is 7.95. The van der Waals surface area contributed by atoms with Crippen LogP contribution in [0.4, 0.5) is 20.2 Å². The van der Waals surface area contributed by atoms with Crippen molar-refractivity contribution in [1.29, 1.82) is 0 Å². The fourth-order valence-corrected chi connectivity index (χ4v) is 2.68. The topological polar surface area (TPSA) is 67.4 Å². The van der Waals surface area contributed by atoms with E-state index < -0.39 is 11.6 Å². The molecule has 2 aromatic carbocycles. The molecule has 3 rings (SSSR count). The van der Waals surface area contributed by atoms with Crippen molar-refractivity contribution in [3.8, 4) is 5.75 Å². The maximum absolute atomic E-state index is 13.5. The zero-order valence-electron chi connectivity index (χ0n) is 14.0. The summed E-state index contributed by atoms with van der Waals surface area (Å²) in [6.45, 7) is 0.324. The molecule has 0 bridgehead atoms. The number of halogens is 2. The molecule has 2 amide bonds. The zero-order chi connectivity index (χ0) is 18.5. The fourth-order valence-electron chi connectivity index (χ4n) is 2.68. The molecule has 0 fully saturated rings. The Balaban J connectivity index is 1.44. The van der Waals surface area contributed by atoms with E-state index in [9.17, 15) is 18.4 Å². The molecule has 26 heavy (non-hydrogen) atoms. The van der Waals surface area contributed by atoms with E-state index in [0.29, 0.717) is 31.6 Å². The number of hydrogen-bond acceptors (Lipinski definition) is 3. The molecule has 1 heterocycles. The van der Waals surface area contributed by atoms with Gasteiger partial charge in [0.2, 0.25) is 11.8 Å². The molecule has 0 atom stereocenters. The Morgan fingerprint density at radius 2 is 2.00 bits per heavy atom. The van der Waals surface area contributed by atoms with Crippen LogP contribution < -0.4 is 15.4 Å². The number of aryl methyl sites for hydroxylation is 1. The second-order valence-electron chi connectivity index (χ2n) is 5.99. The highest BCUT2D eigenvalue weighted by molar-refractivity contribution is 5.94. The fraction of sp³-hybridized carbons (Fsp3) is 0.263. The molecule has 2 aromatic rings. The molecule has 0 radical (unpaired) electrons. The molecular weight excluding hydrogens is 342 g/mol. The molecule has 5 nitrogen and oxygen atoms in total. The number of anilines is 2. The van der Waals surface area contributed by atoms with E-state index in [4.69, 9.17) is 4.74 Å². The summed E-state index contributed by atoms with van der Waals surface area (Å²) >= 11 is 0. The minimum atomic E-state index is -0.809. The standard InChI is InChI=1S/C19H18F2N2O3/c20-13-4-6-17(15(21)11-13)23-18(24)2-1-9-26-14-5-7-16-12(10-14)3-8-19(25)22-16/h4-7,10-11H,1-3,8-9H2,(H,22,25)(H,23,24). The average molecular weight is 360 g/mol. The van der Waals surface area contributed by atoms with Crippen molar-refractivity contribution in [2.24, 2.45) is 0 Å². The third kappa shape index (κ3) is 4.56. The Kier molecular flexibility index (Phi) is 5.46. The summed E-state index contributed by atoms with van der Waals surface area (Å²) in [5, 5.41) is 5.20. The van der Waals surface area contributed by atoms with Crippen LogP contribution >= 0.6 is 0 Å². The molecular formula is C19H18F2N2O3. The Labute approximate surface area is 149 Å². The summed E-state index contributed by atoms with van der Waals surface area (Å²) in [5.41, 5.74) is 1.77. The van der Waals surface area contributed by atoms with Crippen molar-refractivity contribution in [1.82, 2.24) is 0 Å². The van der Waals surface area contributed by atoms with Gasteiger partial charge in [-0.05, 0) is 48.7 Å². The summed E-state index contributed by atoms with van der Waals surface area (Å²) in [5.74, 6) is -1.19. The normalized spacial score (nSPS) is 12.9. The minimum absolute atomic E-state index is 0.00905. The third-order valence-corrected chi connectivity index (χ3v) is 3.99. The molecule has 7 heteroatoms. The van der Waals surface area contributed by atoms with Crippen LogP contribution in [-0.2, 0) is 16.0 Å². The van der Waals surface area contributed by atoms with Crippen LogP contribution in [0.5, 0.6) is 5.75 Å². The number of hydrogen-bond donors (Lipinski definition) is 2. The van der Waals surface area contributed by atoms with Gasteiger partial charge in [0.1, 0.15) is 17.4 Å². The second-order valence-corrected chi connectivity index (χ2v) is 5.99. The first kappa shape index (κ1) is 17.8. The minimum Gasteiger partial charge on any atom is -0.494 e. The van der Waals surface area contributed by atoms with Gasteiger partial charge in [-0.2, -0.15) is 0 Å². The Morgan fingerprint density at radius 1 is 1.15 bits per heavy atom. The smallest absolute Gasteiger partial charge is 0.224 e. The van der Waals surface area contributed by atoms with Crippen LogP contribution in [-0.4, -0.2) is 18.4 Å². The summed E-state index contributed by atoms with van der Waals surface area (Å²) in [6, 6.07) is 8.43. The van der Waals surface area contributed by atoms with Crippen molar-refractivity contribution in [2.75, 3.05) is 17.2 Å². The van der Waals surface area contributed by atoms with Crippen molar-refractivity contribution in [3.63, 3.8) is 0 Å². The third-order valence-electron chi connectivity index (χ3n) is 3.99. The lowest BCUT2D eigenvalue weighted by Crippen LogP contribution is -2.18. The van der Waals surface area contributed by atoms with Gasteiger partial charge in [-0.15, -0.1) is 0 Å². The lowest BCUT2D eigenvalue weighted by molar-refractivity contribution is -0.117. The van der Waals surface area contributed by atoms with Gasteiger partial charge in [-0.1, -0.05) is 0 Å². The van der Waals surface area contributed by atoms with Gasteiger partial charge in [-0.25, -0.2) is 8.78 Å². The summed E-state index contributed by atoms with van der Waals surface area (Å²) in [4.78, 5) is 23.1. The molecule has 0 spiro atoms. The highest BCUT2D eigenvalue weighted by Crippen LogP contribution is 2.26. The van der Waals surface area contributed by atoms with Crippen molar-refractivity contribution in [3.05, 3.63) is 53.6 Å². The van der Waals surface area contributed by atoms with Gasteiger partial charge in [-0.3, -0.25) is 9.59 Å². The molecule has 0 saturated carbocycles. The predicted octanol–water partition coefficient (Wildman–Crippen LogP) is 3.65. The van der Waals surface area contributed by atoms with Gasteiger partial charge in [0, 0.05) is 24.6 Å². The monoisotopic (exact) mass is 360 g/mol. The molecule has 0 unspecified atom stereocenters. The Morgan fingerprint density at radius 3 is 2.81 bits per heavy atom. The van der Waals surface area contributed by atoms with Crippen LogP contribution in [0.15, 0.2) is 36.4 Å². The molecule has 136 valence electrons. The quantitative estimate of drug-likeness (QED) is 0.773. The maximum atomic E-state index is 13.5. The SMILES string of the molecule is O=C(CCCOc1ccc2c(c1)CCC(=O)N2)Nc1ccc(F)cc1F. The number of carbonyl (C=O) groups is 2. The molecule has 2 N–H and O–H groups in total. The molecule has 1 aliphatic rings. The highest BCUT2D eigenvalue weighted by atomic mass is 19.1. The first-order valence-electron chi connectivity index (χ1n) is 8.32. The van der Waals surface area contributed by atoms with E-state index in [1.807, 2.05) is 6.07 Å². The van der Waals surface area contributed by atoms with Crippen molar-refractivity contribution >= 4 is 23.2 Å².